The fraction of sp³-hybridized carbons (Fsp3) is 0.130. The molecule has 0 radical (unpaired) electrons. The summed E-state index contributed by atoms with van der Waals surface area (Å²) in [7, 11) is 0. The van der Waals surface area contributed by atoms with Crippen LogP contribution in [0.15, 0.2) is 66.7 Å². The Labute approximate surface area is 159 Å². The minimum absolute atomic E-state index is 0.200. The molecule has 0 aliphatic rings. The molecule has 0 unspecified atom stereocenters. The predicted molar refractivity (Wildman–Crippen MR) is 109 cm³/mol. The Kier molecular flexibility index (Phi) is 5.36. The summed E-state index contributed by atoms with van der Waals surface area (Å²) in [4.78, 5) is 24.8. The van der Waals surface area contributed by atoms with Gasteiger partial charge in [-0.2, -0.15) is 0 Å². The summed E-state index contributed by atoms with van der Waals surface area (Å²) in [6, 6.07) is 20.0. The van der Waals surface area contributed by atoms with E-state index < -0.39 is 0 Å². The number of benzene rings is 3. The van der Waals surface area contributed by atoms with Crippen LogP contribution in [-0.4, -0.2) is 11.8 Å². The molecular weight excluding hydrogens is 336 g/mol. The number of carbonyl (C=O) groups is 2. The Hall–Kier alpha value is -3.40. The minimum atomic E-state index is -0.206. The average Bonchev–Trinajstić information content (AvgIpc) is 2.65. The van der Waals surface area contributed by atoms with Gasteiger partial charge in [0.1, 0.15) is 0 Å². The molecule has 0 bridgehead atoms. The second kappa shape index (κ2) is 7.87. The summed E-state index contributed by atoms with van der Waals surface area (Å²) in [5, 5.41) is 5.78. The fourth-order valence-electron chi connectivity index (χ4n) is 2.78. The Morgan fingerprint density at radius 1 is 0.704 bits per heavy atom. The Balaban J connectivity index is 1.70. The Bertz CT molecular complexity index is 992. The van der Waals surface area contributed by atoms with E-state index in [0.717, 1.165) is 28.1 Å². The first-order chi connectivity index (χ1) is 12.9. The molecule has 2 N–H and O–H groups in total. The molecule has 0 fully saturated rings. The smallest absolute Gasteiger partial charge is 0.255 e. The first-order valence-electron chi connectivity index (χ1n) is 8.79. The molecule has 0 saturated heterocycles. The molecule has 136 valence electrons. The third-order valence-corrected chi connectivity index (χ3v) is 4.54. The molecule has 4 nitrogen and oxygen atoms in total. The van der Waals surface area contributed by atoms with Gasteiger partial charge in [0.2, 0.25) is 0 Å². The van der Waals surface area contributed by atoms with E-state index in [4.69, 9.17) is 0 Å². The van der Waals surface area contributed by atoms with Crippen LogP contribution in [0.1, 0.15) is 37.4 Å². The van der Waals surface area contributed by atoms with E-state index >= 15 is 0 Å². The van der Waals surface area contributed by atoms with Crippen LogP contribution >= 0.6 is 0 Å². The summed E-state index contributed by atoms with van der Waals surface area (Å²) in [5.74, 6) is -0.406. The van der Waals surface area contributed by atoms with Crippen molar-refractivity contribution in [3.8, 4) is 0 Å². The SMILES string of the molecule is Cc1cccc(NC(=O)c2ccc(C(=O)Nc3cccc(C)c3C)cc2)c1. The van der Waals surface area contributed by atoms with Gasteiger partial charge in [0.15, 0.2) is 0 Å². The largest absolute Gasteiger partial charge is 0.322 e. The zero-order valence-electron chi connectivity index (χ0n) is 15.7. The molecule has 0 aliphatic carbocycles. The molecule has 0 saturated carbocycles. The van der Waals surface area contributed by atoms with Gasteiger partial charge in [-0.25, -0.2) is 0 Å². The fourth-order valence-corrected chi connectivity index (χ4v) is 2.78. The van der Waals surface area contributed by atoms with Crippen LogP contribution < -0.4 is 10.6 Å². The highest BCUT2D eigenvalue weighted by molar-refractivity contribution is 6.07. The van der Waals surface area contributed by atoms with Crippen molar-refractivity contribution in [1.82, 2.24) is 0 Å². The number of nitrogens with one attached hydrogen (secondary N) is 2. The number of aryl methyl sites for hydroxylation is 2. The molecule has 2 amide bonds. The number of hydrogen-bond acceptors (Lipinski definition) is 2. The van der Waals surface area contributed by atoms with Gasteiger partial charge in [-0.05, 0) is 79.9 Å². The van der Waals surface area contributed by atoms with Gasteiger partial charge in [0.05, 0.1) is 0 Å². The second-order valence-corrected chi connectivity index (χ2v) is 6.60. The van der Waals surface area contributed by atoms with E-state index in [1.807, 2.05) is 63.2 Å². The lowest BCUT2D eigenvalue weighted by Crippen LogP contribution is -2.15. The summed E-state index contributed by atoms with van der Waals surface area (Å²) in [5.41, 5.74) is 5.78. The number of amides is 2. The molecule has 0 spiro atoms. The molecule has 0 aliphatic heterocycles. The van der Waals surface area contributed by atoms with Gasteiger partial charge in [0.25, 0.3) is 11.8 Å². The van der Waals surface area contributed by atoms with Gasteiger partial charge >= 0.3 is 0 Å². The summed E-state index contributed by atoms with van der Waals surface area (Å²) < 4.78 is 0. The summed E-state index contributed by atoms with van der Waals surface area (Å²) >= 11 is 0. The molecule has 0 aromatic heterocycles. The van der Waals surface area contributed by atoms with Gasteiger partial charge in [-0.15, -0.1) is 0 Å². The van der Waals surface area contributed by atoms with Crippen molar-refractivity contribution in [2.75, 3.05) is 10.6 Å². The lowest BCUT2D eigenvalue weighted by atomic mass is 10.1. The lowest BCUT2D eigenvalue weighted by Gasteiger charge is -2.11. The van der Waals surface area contributed by atoms with E-state index in [1.54, 1.807) is 24.3 Å². The van der Waals surface area contributed by atoms with Gasteiger partial charge in [0, 0.05) is 22.5 Å². The quantitative estimate of drug-likeness (QED) is 0.680. The van der Waals surface area contributed by atoms with E-state index in [1.165, 1.54) is 0 Å². The normalized spacial score (nSPS) is 10.3. The van der Waals surface area contributed by atoms with E-state index in [2.05, 4.69) is 10.6 Å². The highest BCUT2D eigenvalue weighted by atomic mass is 16.2. The topological polar surface area (TPSA) is 58.2 Å². The number of anilines is 2. The van der Waals surface area contributed by atoms with Crippen molar-refractivity contribution in [2.24, 2.45) is 0 Å². The molecule has 3 aromatic carbocycles. The zero-order chi connectivity index (χ0) is 19.4. The maximum Gasteiger partial charge on any atom is 0.255 e. The van der Waals surface area contributed by atoms with Crippen molar-refractivity contribution in [3.63, 3.8) is 0 Å². The monoisotopic (exact) mass is 358 g/mol. The van der Waals surface area contributed by atoms with Crippen molar-refractivity contribution >= 4 is 23.2 Å². The molecule has 0 atom stereocenters. The van der Waals surface area contributed by atoms with E-state index in [-0.39, 0.29) is 11.8 Å². The summed E-state index contributed by atoms with van der Waals surface area (Å²) in [6.07, 6.45) is 0. The van der Waals surface area contributed by atoms with Crippen LogP contribution in [0.25, 0.3) is 0 Å². The number of rotatable bonds is 4. The number of hydrogen-bond donors (Lipinski definition) is 2. The molecule has 4 heteroatoms. The predicted octanol–water partition coefficient (Wildman–Crippen LogP) is 5.12. The third kappa shape index (κ3) is 4.42. The standard InChI is InChI=1S/C23H22N2O2/c1-15-6-4-8-20(14-15)24-22(26)18-10-12-19(13-11-18)23(27)25-21-9-5-7-16(2)17(21)3/h4-14H,1-3H3,(H,24,26)(H,25,27). The van der Waals surface area contributed by atoms with Crippen LogP contribution in [0.3, 0.4) is 0 Å². The van der Waals surface area contributed by atoms with Crippen LogP contribution in [-0.2, 0) is 0 Å². The highest BCUT2D eigenvalue weighted by Crippen LogP contribution is 2.19. The Morgan fingerprint density at radius 2 is 1.30 bits per heavy atom. The van der Waals surface area contributed by atoms with Crippen molar-refractivity contribution < 1.29 is 9.59 Å². The number of carbonyl (C=O) groups excluding carboxylic acids is 2. The molecule has 3 rings (SSSR count). The lowest BCUT2D eigenvalue weighted by molar-refractivity contribution is 0.101. The van der Waals surface area contributed by atoms with E-state index in [0.29, 0.717) is 11.1 Å². The van der Waals surface area contributed by atoms with Crippen LogP contribution in [0.4, 0.5) is 11.4 Å². The zero-order valence-corrected chi connectivity index (χ0v) is 15.7. The average molecular weight is 358 g/mol. The van der Waals surface area contributed by atoms with Gasteiger partial charge in [-0.1, -0.05) is 24.3 Å². The van der Waals surface area contributed by atoms with Crippen molar-refractivity contribution in [1.29, 1.82) is 0 Å². The maximum absolute atomic E-state index is 12.5. The first-order valence-corrected chi connectivity index (χ1v) is 8.79. The molecule has 0 heterocycles. The van der Waals surface area contributed by atoms with Gasteiger partial charge < -0.3 is 10.6 Å². The van der Waals surface area contributed by atoms with Gasteiger partial charge in [-0.3, -0.25) is 9.59 Å². The van der Waals surface area contributed by atoms with Crippen LogP contribution in [0.2, 0.25) is 0 Å². The first kappa shape index (κ1) is 18.4. The molecule has 27 heavy (non-hydrogen) atoms. The summed E-state index contributed by atoms with van der Waals surface area (Å²) in [6.45, 7) is 5.95. The highest BCUT2D eigenvalue weighted by Gasteiger charge is 2.11. The molecular formula is C23H22N2O2. The van der Waals surface area contributed by atoms with Crippen molar-refractivity contribution in [2.45, 2.75) is 20.8 Å². The van der Waals surface area contributed by atoms with Crippen molar-refractivity contribution in [3.05, 3.63) is 94.5 Å². The van der Waals surface area contributed by atoms with Crippen LogP contribution in [0.5, 0.6) is 0 Å². The second-order valence-electron chi connectivity index (χ2n) is 6.60. The Morgan fingerprint density at radius 3 is 1.93 bits per heavy atom. The minimum Gasteiger partial charge on any atom is -0.322 e. The third-order valence-electron chi connectivity index (χ3n) is 4.54. The van der Waals surface area contributed by atoms with Crippen LogP contribution in [0, 0.1) is 20.8 Å². The van der Waals surface area contributed by atoms with E-state index in [9.17, 15) is 9.59 Å². The maximum atomic E-state index is 12.5. The molecule has 3 aromatic rings.